The van der Waals surface area contributed by atoms with E-state index in [4.69, 9.17) is 0 Å². The molecule has 1 aliphatic rings. The summed E-state index contributed by atoms with van der Waals surface area (Å²) in [5.41, 5.74) is 1.27. The van der Waals surface area contributed by atoms with Crippen molar-refractivity contribution in [2.75, 3.05) is 7.05 Å². The highest BCUT2D eigenvalue weighted by Gasteiger charge is 1.86. The van der Waals surface area contributed by atoms with Gasteiger partial charge in [-0.15, -0.1) is 0 Å². The second-order valence-electron chi connectivity index (χ2n) is 2.67. The molecule has 1 N–H and O–H groups in total. The minimum absolute atomic E-state index is 1.04. The Morgan fingerprint density at radius 2 is 2.08 bits per heavy atom. The highest BCUT2D eigenvalue weighted by atomic mass is 14.8. The summed E-state index contributed by atoms with van der Waals surface area (Å²) in [5, 5.41) is 2.98. The van der Waals surface area contributed by atoms with Crippen molar-refractivity contribution in [1.29, 1.82) is 0 Å². The third-order valence-corrected chi connectivity index (χ3v) is 1.68. The summed E-state index contributed by atoms with van der Waals surface area (Å²) in [6, 6.07) is 0. The van der Waals surface area contributed by atoms with Crippen molar-refractivity contribution in [2.24, 2.45) is 0 Å². The van der Waals surface area contributed by atoms with Crippen LogP contribution in [0, 0.1) is 0 Å². The summed E-state index contributed by atoms with van der Waals surface area (Å²) in [6.45, 7) is 0. The molecule has 12 heavy (non-hydrogen) atoms. The highest BCUT2D eigenvalue weighted by molar-refractivity contribution is 5.32. The van der Waals surface area contributed by atoms with E-state index in [0.29, 0.717) is 0 Å². The number of rotatable bonds is 2. The first-order valence-corrected chi connectivity index (χ1v) is 4.29. The number of hydrogen-bond acceptors (Lipinski definition) is 1. The van der Waals surface area contributed by atoms with Crippen LogP contribution in [0.5, 0.6) is 0 Å². The van der Waals surface area contributed by atoms with Gasteiger partial charge in [-0.1, -0.05) is 30.4 Å². The van der Waals surface area contributed by atoms with Gasteiger partial charge in [0.05, 0.1) is 0 Å². The molecule has 0 aliphatic heterocycles. The van der Waals surface area contributed by atoms with Gasteiger partial charge in [-0.25, -0.2) is 0 Å². The zero-order valence-corrected chi connectivity index (χ0v) is 7.46. The van der Waals surface area contributed by atoms with Gasteiger partial charge in [-0.3, -0.25) is 0 Å². The molecular formula is C11H15N. The molecule has 1 aliphatic carbocycles. The lowest BCUT2D eigenvalue weighted by atomic mass is 10.1. The summed E-state index contributed by atoms with van der Waals surface area (Å²) in [6.07, 6.45) is 17.0. The van der Waals surface area contributed by atoms with E-state index in [9.17, 15) is 0 Å². The van der Waals surface area contributed by atoms with E-state index in [1.807, 2.05) is 13.2 Å². The maximum atomic E-state index is 2.98. The first-order chi connectivity index (χ1) is 5.93. The van der Waals surface area contributed by atoms with Gasteiger partial charge in [0, 0.05) is 7.05 Å². The van der Waals surface area contributed by atoms with Gasteiger partial charge in [0.1, 0.15) is 0 Å². The topological polar surface area (TPSA) is 12.0 Å². The largest absolute Gasteiger partial charge is 0.394 e. The summed E-state index contributed by atoms with van der Waals surface area (Å²) in [5.74, 6) is 0. The lowest BCUT2D eigenvalue weighted by molar-refractivity contribution is 1.10. The van der Waals surface area contributed by atoms with Crippen LogP contribution in [0.25, 0.3) is 0 Å². The number of hydrogen-bond donors (Lipinski definition) is 1. The van der Waals surface area contributed by atoms with Crippen LogP contribution >= 0.6 is 0 Å². The molecule has 1 heteroatoms. The molecule has 0 atom stereocenters. The Balaban J connectivity index is 2.61. The molecule has 0 aromatic carbocycles. The van der Waals surface area contributed by atoms with Gasteiger partial charge in [0.2, 0.25) is 0 Å². The molecule has 0 aromatic heterocycles. The fraction of sp³-hybridized carbons (Fsp3) is 0.273. The average molecular weight is 161 g/mol. The fourth-order valence-electron chi connectivity index (χ4n) is 1.05. The first kappa shape index (κ1) is 8.85. The van der Waals surface area contributed by atoms with Gasteiger partial charge in [-0.05, 0) is 30.7 Å². The maximum absolute atomic E-state index is 2.98. The second-order valence-corrected chi connectivity index (χ2v) is 2.67. The molecule has 1 nitrogen and oxygen atoms in total. The van der Waals surface area contributed by atoms with E-state index in [1.165, 1.54) is 5.57 Å². The van der Waals surface area contributed by atoms with E-state index in [1.54, 1.807) is 0 Å². The van der Waals surface area contributed by atoms with Gasteiger partial charge < -0.3 is 5.32 Å². The fourth-order valence-corrected chi connectivity index (χ4v) is 1.05. The normalized spacial score (nSPS) is 21.6. The van der Waals surface area contributed by atoms with Crippen molar-refractivity contribution in [3.05, 3.63) is 48.2 Å². The van der Waals surface area contributed by atoms with Gasteiger partial charge in [-0.2, -0.15) is 0 Å². The van der Waals surface area contributed by atoms with Crippen LogP contribution in [0.1, 0.15) is 12.8 Å². The van der Waals surface area contributed by atoms with E-state index in [-0.39, 0.29) is 0 Å². The summed E-state index contributed by atoms with van der Waals surface area (Å²) >= 11 is 0. The van der Waals surface area contributed by atoms with Crippen molar-refractivity contribution in [2.45, 2.75) is 12.8 Å². The Labute approximate surface area is 74.2 Å². The molecule has 0 bridgehead atoms. The number of allylic oxidation sites excluding steroid dienone is 7. The Morgan fingerprint density at radius 3 is 2.92 bits per heavy atom. The molecular weight excluding hydrogens is 146 g/mol. The van der Waals surface area contributed by atoms with Gasteiger partial charge in [0.15, 0.2) is 0 Å². The van der Waals surface area contributed by atoms with Crippen LogP contribution in [0.3, 0.4) is 0 Å². The van der Waals surface area contributed by atoms with Crippen LogP contribution in [0.2, 0.25) is 0 Å². The van der Waals surface area contributed by atoms with E-state index in [0.717, 1.165) is 12.8 Å². The second kappa shape index (κ2) is 5.42. The van der Waals surface area contributed by atoms with Crippen LogP contribution in [-0.4, -0.2) is 7.05 Å². The summed E-state index contributed by atoms with van der Waals surface area (Å²) in [7, 11) is 1.91. The zero-order valence-electron chi connectivity index (χ0n) is 7.46. The first-order valence-electron chi connectivity index (χ1n) is 4.29. The van der Waals surface area contributed by atoms with E-state index < -0.39 is 0 Å². The maximum Gasteiger partial charge on any atom is 0.00277 e. The molecule has 0 spiro atoms. The highest BCUT2D eigenvalue weighted by Crippen LogP contribution is 2.06. The number of nitrogens with one attached hydrogen (secondary N) is 1. The third kappa shape index (κ3) is 3.24. The predicted molar refractivity (Wildman–Crippen MR) is 53.8 cm³/mol. The van der Waals surface area contributed by atoms with Crippen LogP contribution < -0.4 is 5.32 Å². The van der Waals surface area contributed by atoms with E-state index >= 15 is 0 Å². The predicted octanol–water partition coefficient (Wildman–Crippen LogP) is 2.55. The van der Waals surface area contributed by atoms with Crippen molar-refractivity contribution in [3.63, 3.8) is 0 Å². The SMILES string of the molecule is CN/C=C/C1=C/CC=CCC=C1. The average Bonchev–Trinajstić information content (AvgIpc) is 2.02. The quantitative estimate of drug-likeness (QED) is 0.614. The molecule has 64 valence electrons. The third-order valence-electron chi connectivity index (χ3n) is 1.68. The van der Waals surface area contributed by atoms with Crippen LogP contribution in [-0.2, 0) is 0 Å². The van der Waals surface area contributed by atoms with E-state index in [2.05, 4.69) is 41.8 Å². The van der Waals surface area contributed by atoms with Crippen molar-refractivity contribution in [1.82, 2.24) is 5.32 Å². The Kier molecular flexibility index (Phi) is 4.00. The molecule has 0 amide bonds. The molecule has 1 rings (SSSR count). The molecule has 0 fully saturated rings. The van der Waals surface area contributed by atoms with Crippen molar-refractivity contribution >= 4 is 0 Å². The minimum atomic E-state index is 1.04. The lowest BCUT2D eigenvalue weighted by Gasteiger charge is -1.96. The molecule has 0 unspecified atom stereocenters. The van der Waals surface area contributed by atoms with Gasteiger partial charge >= 0.3 is 0 Å². The monoisotopic (exact) mass is 161 g/mol. The van der Waals surface area contributed by atoms with Crippen LogP contribution in [0.4, 0.5) is 0 Å². The van der Waals surface area contributed by atoms with Crippen LogP contribution in [0.15, 0.2) is 48.2 Å². The Hall–Kier alpha value is -1.24. The molecule has 0 saturated carbocycles. The molecule has 0 aromatic rings. The smallest absolute Gasteiger partial charge is 0.00277 e. The zero-order chi connectivity index (χ0) is 8.65. The van der Waals surface area contributed by atoms with Crippen molar-refractivity contribution < 1.29 is 0 Å². The van der Waals surface area contributed by atoms with Gasteiger partial charge in [0.25, 0.3) is 0 Å². The van der Waals surface area contributed by atoms with Crippen molar-refractivity contribution in [3.8, 4) is 0 Å². The Morgan fingerprint density at radius 1 is 1.25 bits per heavy atom. The summed E-state index contributed by atoms with van der Waals surface area (Å²) in [4.78, 5) is 0. The minimum Gasteiger partial charge on any atom is -0.394 e. The molecule has 0 saturated heterocycles. The molecule has 0 heterocycles. The standard InChI is InChI=1S/C11H15N/c1-12-10-9-11-7-5-3-2-4-6-8-11/h2-3,6-10,12H,4-5H2,1H3/b3-2?,8-6?,10-9+,11-7+. The lowest BCUT2D eigenvalue weighted by Crippen LogP contribution is -1.91. The molecule has 0 radical (unpaired) electrons. The Bertz CT molecular complexity index is 231. The summed E-state index contributed by atoms with van der Waals surface area (Å²) < 4.78 is 0.